The third-order valence-corrected chi connectivity index (χ3v) is 3.89. The van der Waals surface area contributed by atoms with Crippen molar-refractivity contribution in [2.45, 2.75) is 48.1 Å². The minimum Gasteiger partial charge on any atom is -0.372 e. The standard InChI is InChI=1S/C13H12F14O3/c14-8(15,10(18,19)12(22,23)24)5-28-3-7(1-2-30-7)4-29-6-9(16,17)11(20,21)13(25,26)27/h1-6H2. The summed E-state index contributed by atoms with van der Waals surface area (Å²) >= 11 is 0. The molecule has 0 aromatic heterocycles. The first-order valence-corrected chi connectivity index (χ1v) is 7.56. The minimum absolute atomic E-state index is 0.225. The monoisotopic (exact) mass is 482 g/mol. The van der Waals surface area contributed by atoms with Crippen molar-refractivity contribution in [3.63, 3.8) is 0 Å². The van der Waals surface area contributed by atoms with Gasteiger partial charge in [0.1, 0.15) is 18.8 Å². The Hall–Kier alpha value is -1.10. The van der Waals surface area contributed by atoms with Crippen molar-refractivity contribution in [1.82, 2.24) is 0 Å². The van der Waals surface area contributed by atoms with E-state index >= 15 is 0 Å². The van der Waals surface area contributed by atoms with Crippen LogP contribution in [-0.4, -0.2) is 74.7 Å². The van der Waals surface area contributed by atoms with Gasteiger partial charge in [0.2, 0.25) is 0 Å². The molecule has 0 aromatic carbocycles. The summed E-state index contributed by atoms with van der Waals surface area (Å²) in [6.45, 7) is -7.66. The summed E-state index contributed by atoms with van der Waals surface area (Å²) < 4.78 is 188. The number of hydrogen-bond acceptors (Lipinski definition) is 3. The average Bonchev–Trinajstić information content (AvgIpc) is 2.49. The zero-order valence-electron chi connectivity index (χ0n) is 14.3. The van der Waals surface area contributed by atoms with E-state index in [4.69, 9.17) is 4.74 Å². The van der Waals surface area contributed by atoms with E-state index in [0.29, 0.717) is 0 Å². The van der Waals surface area contributed by atoms with Crippen LogP contribution in [0.3, 0.4) is 0 Å². The fraction of sp³-hybridized carbons (Fsp3) is 1.00. The minimum atomic E-state index is -6.62. The van der Waals surface area contributed by atoms with E-state index in [1.54, 1.807) is 0 Å². The van der Waals surface area contributed by atoms with Crippen LogP contribution in [-0.2, 0) is 14.2 Å². The van der Waals surface area contributed by atoms with Crippen LogP contribution in [0, 0.1) is 0 Å². The lowest BCUT2D eigenvalue weighted by Gasteiger charge is -2.42. The van der Waals surface area contributed by atoms with Gasteiger partial charge in [-0.15, -0.1) is 0 Å². The van der Waals surface area contributed by atoms with Crippen LogP contribution in [0.4, 0.5) is 61.5 Å². The molecule has 1 saturated heterocycles. The fourth-order valence-corrected chi connectivity index (χ4v) is 1.99. The Bertz CT molecular complexity index is 533. The van der Waals surface area contributed by atoms with Crippen molar-refractivity contribution in [2.24, 2.45) is 0 Å². The molecule has 0 amide bonds. The highest BCUT2D eigenvalue weighted by atomic mass is 19.4. The molecule has 1 rings (SSSR count). The quantitative estimate of drug-likeness (QED) is 0.417. The lowest BCUT2D eigenvalue weighted by atomic mass is 9.97. The highest BCUT2D eigenvalue weighted by Crippen LogP contribution is 2.48. The molecule has 0 bridgehead atoms. The molecule has 0 aromatic rings. The van der Waals surface area contributed by atoms with Gasteiger partial charge in [0.05, 0.1) is 19.8 Å². The lowest BCUT2D eigenvalue weighted by molar-refractivity contribution is -0.365. The van der Waals surface area contributed by atoms with Crippen LogP contribution in [0.25, 0.3) is 0 Å². The van der Waals surface area contributed by atoms with Crippen molar-refractivity contribution in [3.8, 4) is 0 Å². The van der Waals surface area contributed by atoms with Gasteiger partial charge in [0, 0.05) is 6.42 Å². The highest BCUT2D eigenvalue weighted by Gasteiger charge is 2.74. The summed E-state index contributed by atoms with van der Waals surface area (Å²) in [6.07, 6.45) is -13.5. The molecule has 17 heteroatoms. The van der Waals surface area contributed by atoms with Crippen LogP contribution in [0.1, 0.15) is 6.42 Å². The predicted octanol–water partition coefficient (Wildman–Crippen LogP) is 4.84. The van der Waals surface area contributed by atoms with E-state index in [1.807, 2.05) is 0 Å². The molecular formula is C13H12F14O3. The van der Waals surface area contributed by atoms with Gasteiger partial charge >= 0.3 is 36.0 Å². The lowest BCUT2D eigenvalue weighted by Crippen LogP contribution is -2.57. The van der Waals surface area contributed by atoms with Crippen molar-refractivity contribution in [1.29, 1.82) is 0 Å². The molecule has 0 unspecified atom stereocenters. The summed E-state index contributed by atoms with van der Waals surface area (Å²) in [4.78, 5) is 0. The maximum absolute atomic E-state index is 13.1. The van der Waals surface area contributed by atoms with Gasteiger partial charge in [0.15, 0.2) is 0 Å². The molecule has 1 heterocycles. The molecule has 0 N–H and O–H groups in total. The molecule has 0 aliphatic carbocycles. The van der Waals surface area contributed by atoms with Gasteiger partial charge in [-0.2, -0.15) is 61.5 Å². The molecule has 0 saturated carbocycles. The van der Waals surface area contributed by atoms with E-state index in [-0.39, 0.29) is 13.0 Å². The normalized spacial score (nSPS) is 19.0. The van der Waals surface area contributed by atoms with Gasteiger partial charge < -0.3 is 14.2 Å². The van der Waals surface area contributed by atoms with Crippen molar-refractivity contribution >= 4 is 0 Å². The van der Waals surface area contributed by atoms with Crippen LogP contribution < -0.4 is 0 Å². The molecule has 0 atom stereocenters. The van der Waals surface area contributed by atoms with Gasteiger partial charge in [-0.1, -0.05) is 0 Å². The smallest absolute Gasteiger partial charge is 0.372 e. The number of hydrogen-bond donors (Lipinski definition) is 0. The largest absolute Gasteiger partial charge is 0.459 e. The van der Waals surface area contributed by atoms with E-state index in [2.05, 4.69) is 9.47 Å². The summed E-state index contributed by atoms with van der Waals surface area (Å²) in [6, 6.07) is 0. The molecular weight excluding hydrogens is 470 g/mol. The van der Waals surface area contributed by atoms with Gasteiger partial charge in [-0.05, 0) is 0 Å². The summed E-state index contributed by atoms with van der Waals surface area (Å²) in [5.41, 5.74) is -1.99. The second-order valence-corrected chi connectivity index (χ2v) is 6.32. The molecule has 30 heavy (non-hydrogen) atoms. The SMILES string of the molecule is FC(F)(F)C(F)(F)C(F)(F)COCC1(COCC(F)(F)C(F)(F)C(F)(F)F)CCO1. The van der Waals surface area contributed by atoms with E-state index < -0.39 is 68.1 Å². The average molecular weight is 482 g/mol. The van der Waals surface area contributed by atoms with E-state index in [9.17, 15) is 61.5 Å². The zero-order chi connectivity index (χ0) is 23.9. The topological polar surface area (TPSA) is 27.7 Å². The number of halogens is 14. The Labute approximate surface area is 158 Å². The first kappa shape index (κ1) is 26.9. The summed E-state index contributed by atoms with van der Waals surface area (Å²) in [5, 5.41) is 0. The van der Waals surface area contributed by atoms with Crippen LogP contribution in [0.5, 0.6) is 0 Å². The maximum atomic E-state index is 13.1. The Morgan fingerprint density at radius 2 is 0.900 bits per heavy atom. The molecule has 0 spiro atoms. The van der Waals surface area contributed by atoms with Crippen LogP contribution in [0.2, 0.25) is 0 Å². The molecule has 0 radical (unpaired) electrons. The Kier molecular flexibility index (Phi) is 7.28. The van der Waals surface area contributed by atoms with E-state index in [1.165, 1.54) is 0 Å². The first-order valence-electron chi connectivity index (χ1n) is 7.56. The predicted molar refractivity (Wildman–Crippen MR) is 66.8 cm³/mol. The Balaban J connectivity index is 2.65. The molecule has 1 fully saturated rings. The maximum Gasteiger partial charge on any atom is 0.459 e. The first-order chi connectivity index (χ1) is 13.1. The van der Waals surface area contributed by atoms with Gasteiger partial charge in [-0.3, -0.25) is 0 Å². The van der Waals surface area contributed by atoms with Gasteiger partial charge in [-0.25, -0.2) is 0 Å². The number of rotatable bonds is 10. The van der Waals surface area contributed by atoms with Gasteiger partial charge in [0.25, 0.3) is 0 Å². The Morgan fingerprint density at radius 1 is 0.600 bits per heavy atom. The van der Waals surface area contributed by atoms with Crippen molar-refractivity contribution in [2.75, 3.05) is 33.0 Å². The summed E-state index contributed by atoms with van der Waals surface area (Å²) in [7, 11) is 0. The number of alkyl halides is 14. The third-order valence-electron chi connectivity index (χ3n) is 3.89. The molecule has 1 aliphatic rings. The molecule has 1 aliphatic heterocycles. The van der Waals surface area contributed by atoms with Crippen molar-refractivity contribution < 1.29 is 75.7 Å². The van der Waals surface area contributed by atoms with Crippen LogP contribution >= 0.6 is 0 Å². The van der Waals surface area contributed by atoms with E-state index in [0.717, 1.165) is 0 Å². The summed E-state index contributed by atoms with van der Waals surface area (Å²) in [5.74, 6) is -24.4. The van der Waals surface area contributed by atoms with Crippen LogP contribution in [0.15, 0.2) is 0 Å². The number of ether oxygens (including phenoxy) is 3. The van der Waals surface area contributed by atoms with Crippen molar-refractivity contribution in [3.05, 3.63) is 0 Å². The Morgan fingerprint density at radius 3 is 1.10 bits per heavy atom. The second-order valence-electron chi connectivity index (χ2n) is 6.32. The molecule has 3 nitrogen and oxygen atoms in total. The highest BCUT2D eigenvalue weighted by molar-refractivity contribution is 4.94. The third kappa shape index (κ3) is 5.20. The fourth-order valence-electron chi connectivity index (χ4n) is 1.99. The zero-order valence-corrected chi connectivity index (χ0v) is 14.3. The molecule has 180 valence electrons. The second kappa shape index (κ2) is 8.11.